The van der Waals surface area contributed by atoms with E-state index in [9.17, 15) is 9.59 Å². The van der Waals surface area contributed by atoms with E-state index in [0.29, 0.717) is 0 Å². The summed E-state index contributed by atoms with van der Waals surface area (Å²) in [6.07, 6.45) is -0.384. The first-order valence-electron chi connectivity index (χ1n) is 5.82. The van der Waals surface area contributed by atoms with Gasteiger partial charge in [-0.25, -0.2) is 4.79 Å². The highest BCUT2D eigenvalue weighted by molar-refractivity contribution is 5.74. The molecule has 1 N–H and O–H groups in total. The van der Waals surface area contributed by atoms with Crippen LogP contribution >= 0.6 is 0 Å². The molecular weight excluding hydrogens is 236 g/mol. The molecule has 0 aliphatic carbocycles. The van der Waals surface area contributed by atoms with Gasteiger partial charge in [0.05, 0.1) is 12.0 Å². The van der Waals surface area contributed by atoms with Crippen LogP contribution in [0.3, 0.4) is 0 Å². The largest absolute Gasteiger partial charge is 0.481 e. The first kappa shape index (κ1) is 14.3. The van der Waals surface area contributed by atoms with E-state index in [4.69, 9.17) is 15.1 Å². The van der Waals surface area contributed by atoms with Gasteiger partial charge < -0.3 is 14.7 Å². The Bertz CT molecular complexity index is 381. The molecule has 0 spiro atoms. The van der Waals surface area contributed by atoms with E-state index in [-0.39, 0.29) is 25.4 Å². The molecule has 1 heterocycles. The number of nitrogens with zero attached hydrogens (tertiary/aromatic N) is 2. The molecule has 100 valence electrons. The van der Waals surface area contributed by atoms with Crippen LogP contribution in [-0.4, -0.2) is 40.8 Å². The van der Waals surface area contributed by atoms with E-state index < -0.39 is 23.6 Å². The lowest BCUT2D eigenvalue weighted by atomic mass is 9.94. The number of carboxylic acid groups (broad SMARTS) is 1. The molecule has 0 aromatic heterocycles. The molecule has 1 rings (SSSR count). The van der Waals surface area contributed by atoms with Crippen LogP contribution in [0.5, 0.6) is 0 Å². The second kappa shape index (κ2) is 5.25. The molecule has 0 radical (unpaired) electrons. The SMILES string of the molecule is CC(C)(C)OC(=O)N1C[C@@H](CC#N)[C@H](C(=O)O)C1. The van der Waals surface area contributed by atoms with Crippen molar-refractivity contribution in [1.29, 1.82) is 5.26 Å². The van der Waals surface area contributed by atoms with Crippen molar-refractivity contribution in [3.8, 4) is 6.07 Å². The monoisotopic (exact) mass is 254 g/mol. The number of nitriles is 1. The smallest absolute Gasteiger partial charge is 0.410 e. The summed E-state index contributed by atoms with van der Waals surface area (Å²) in [5.74, 6) is -1.97. The Morgan fingerprint density at radius 1 is 1.44 bits per heavy atom. The first-order chi connectivity index (χ1) is 8.24. The van der Waals surface area contributed by atoms with Gasteiger partial charge in [0.25, 0.3) is 0 Å². The van der Waals surface area contributed by atoms with Gasteiger partial charge in [0.2, 0.25) is 0 Å². The Labute approximate surface area is 106 Å². The molecule has 1 saturated heterocycles. The number of hydrogen-bond acceptors (Lipinski definition) is 4. The average Bonchev–Trinajstić information content (AvgIpc) is 2.59. The van der Waals surface area contributed by atoms with Crippen LogP contribution in [0.15, 0.2) is 0 Å². The van der Waals surface area contributed by atoms with Crippen molar-refractivity contribution in [2.75, 3.05) is 13.1 Å². The number of ether oxygens (including phenoxy) is 1. The van der Waals surface area contributed by atoms with Gasteiger partial charge in [-0.05, 0) is 20.8 Å². The molecule has 1 aliphatic rings. The van der Waals surface area contributed by atoms with Crippen molar-refractivity contribution in [3.63, 3.8) is 0 Å². The highest BCUT2D eigenvalue weighted by Gasteiger charge is 2.40. The summed E-state index contributed by atoms with van der Waals surface area (Å²) in [4.78, 5) is 24.2. The maximum Gasteiger partial charge on any atom is 0.410 e. The Morgan fingerprint density at radius 3 is 2.50 bits per heavy atom. The number of rotatable bonds is 2. The van der Waals surface area contributed by atoms with Crippen LogP contribution in [-0.2, 0) is 9.53 Å². The topological polar surface area (TPSA) is 90.6 Å². The summed E-state index contributed by atoms with van der Waals surface area (Å²) in [7, 11) is 0. The van der Waals surface area contributed by atoms with E-state index in [1.165, 1.54) is 4.90 Å². The van der Waals surface area contributed by atoms with E-state index in [1.807, 2.05) is 6.07 Å². The lowest BCUT2D eigenvalue weighted by molar-refractivity contribution is -0.142. The van der Waals surface area contributed by atoms with E-state index in [2.05, 4.69) is 0 Å². The minimum absolute atomic E-state index is 0.108. The maximum absolute atomic E-state index is 11.8. The minimum Gasteiger partial charge on any atom is -0.481 e. The van der Waals surface area contributed by atoms with Crippen LogP contribution < -0.4 is 0 Å². The highest BCUT2D eigenvalue weighted by atomic mass is 16.6. The molecule has 1 aliphatic heterocycles. The molecule has 6 nitrogen and oxygen atoms in total. The normalized spacial score (nSPS) is 23.6. The third kappa shape index (κ3) is 3.62. The van der Waals surface area contributed by atoms with Crippen molar-refractivity contribution in [2.24, 2.45) is 11.8 Å². The summed E-state index contributed by atoms with van der Waals surface area (Å²) in [6.45, 7) is 5.63. The second-order valence-electron chi connectivity index (χ2n) is 5.45. The number of hydrogen-bond donors (Lipinski definition) is 1. The van der Waals surface area contributed by atoms with Crippen molar-refractivity contribution in [3.05, 3.63) is 0 Å². The maximum atomic E-state index is 11.8. The molecule has 1 fully saturated rings. The molecule has 0 bridgehead atoms. The van der Waals surface area contributed by atoms with Gasteiger partial charge in [-0.3, -0.25) is 4.79 Å². The molecule has 0 aromatic carbocycles. The Balaban J connectivity index is 2.69. The summed E-state index contributed by atoms with van der Waals surface area (Å²) < 4.78 is 5.19. The number of carboxylic acids is 1. The standard InChI is InChI=1S/C12H18N2O4/c1-12(2,3)18-11(17)14-6-8(4-5-13)9(7-14)10(15)16/h8-9H,4,6-7H2,1-3H3,(H,15,16)/t8-,9-/m1/s1. The van der Waals surface area contributed by atoms with E-state index >= 15 is 0 Å². The summed E-state index contributed by atoms with van der Waals surface area (Å²) >= 11 is 0. The Kier molecular flexibility index (Phi) is 4.17. The van der Waals surface area contributed by atoms with E-state index in [1.54, 1.807) is 20.8 Å². The number of aliphatic carboxylic acids is 1. The fourth-order valence-electron chi connectivity index (χ4n) is 1.95. The minimum atomic E-state index is -0.971. The zero-order valence-electron chi connectivity index (χ0n) is 10.8. The number of amides is 1. The second-order valence-corrected chi connectivity index (χ2v) is 5.45. The van der Waals surface area contributed by atoms with Gasteiger partial charge in [0.1, 0.15) is 5.60 Å². The van der Waals surface area contributed by atoms with Crippen molar-refractivity contribution < 1.29 is 19.4 Å². The summed E-state index contributed by atoms with van der Waals surface area (Å²) in [6, 6.07) is 1.96. The highest BCUT2D eigenvalue weighted by Crippen LogP contribution is 2.27. The van der Waals surface area contributed by atoms with Gasteiger partial charge in [-0.2, -0.15) is 5.26 Å². The van der Waals surface area contributed by atoms with Crippen LogP contribution in [0.2, 0.25) is 0 Å². The molecule has 18 heavy (non-hydrogen) atoms. The molecular formula is C12H18N2O4. The number of carbonyl (C=O) groups is 2. The van der Waals surface area contributed by atoms with Crippen molar-refractivity contribution >= 4 is 12.1 Å². The van der Waals surface area contributed by atoms with E-state index in [0.717, 1.165) is 0 Å². The van der Waals surface area contributed by atoms with Gasteiger partial charge in [0, 0.05) is 25.4 Å². The predicted octanol–water partition coefficient (Wildman–Crippen LogP) is 1.47. The van der Waals surface area contributed by atoms with Crippen LogP contribution in [0.25, 0.3) is 0 Å². The fraction of sp³-hybridized carbons (Fsp3) is 0.750. The average molecular weight is 254 g/mol. The van der Waals surface area contributed by atoms with Crippen LogP contribution in [0.4, 0.5) is 4.79 Å². The molecule has 1 amide bonds. The van der Waals surface area contributed by atoms with Crippen LogP contribution in [0, 0.1) is 23.2 Å². The third-order valence-corrected chi connectivity index (χ3v) is 2.76. The molecule has 0 aromatic rings. The number of carbonyl (C=O) groups excluding carboxylic acids is 1. The summed E-state index contributed by atoms with van der Waals surface area (Å²) in [5.41, 5.74) is -0.608. The van der Waals surface area contributed by atoms with Crippen molar-refractivity contribution in [1.82, 2.24) is 4.90 Å². The summed E-state index contributed by atoms with van der Waals surface area (Å²) in [5, 5.41) is 17.7. The fourth-order valence-corrected chi connectivity index (χ4v) is 1.95. The molecule has 0 unspecified atom stereocenters. The molecule has 2 atom stereocenters. The zero-order chi connectivity index (χ0) is 13.9. The van der Waals surface area contributed by atoms with Gasteiger partial charge in [-0.15, -0.1) is 0 Å². The van der Waals surface area contributed by atoms with Crippen molar-refractivity contribution in [2.45, 2.75) is 32.8 Å². The first-order valence-corrected chi connectivity index (χ1v) is 5.82. The van der Waals surface area contributed by atoms with Gasteiger partial charge >= 0.3 is 12.1 Å². The number of likely N-dealkylation sites (tertiary alicyclic amines) is 1. The Morgan fingerprint density at radius 2 is 2.06 bits per heavy atom. The lowest BCUT2D eigenvalue weighted by Crippen LogP contribution is -2.35. The third-order valence-electron chi connectivity index (χ3n) is 2.76. The van der Waals surface area contributed by atoms with Gasteiger partial charge in [0.15, 0.2) is 0 Å². The predicted molar refractivity (Wildman–Crippen MR) is 62.7 cm³/mol. The molecule has 0 saturated carbocycles. The zero-order valence-corrected chi connectivity index (χ0v) is 10.8. The van der Waals surface area contributed by atoms with Gasteiger partial charge in [-0.1, -0.05) is 0 Å². The van der Waals surface area contributed by atoms with Crippen LogP contribution in [0.1, 0.15) is 27.2 Å². The Hall–Kier alpha value is -1.77. The lowest BCUT2D eigenvalue weighted by Gasteiger charge is -2.24. The molecule has 6 heteroatoms. The quantitative estimate of drug-likeness (QED) is 0.805.